The highest BCUT2D eigenvalue weighted by Crippen LogP contribution is 2.32. The Balaban J connectivity index is 2.07. The number of carbonyl (C=O) groups is 1. The van der Waals surface area contributed by atoms with Crippen molar-refractivity contribution in [2.24, 2.45) is 0 Å². The van der Waals surface area contributed by atoms with Crippen LogP contribution in [0.2, 0.25) is 0 Å². The number of rotatable bonds is 7. The molecule has 0 spiro atoms. The molecule has 0 heterocycles. The fourth-order valence-electron chi connectivity index (χ4n) is 2.28. The summed E-state index contributed by atoms with van der Waals surface area (Å²) in [6.07, 6.45) is -0.922. The molecule has 2 rings (SSSR count). The van der Waals surface area contributed by atoms with Crippen LogP contribution >= 0.6 is 0 Å². The number of amides is 1. The number of nitro benzene ring substituents is 1. The van der Waals surface area contributed by atoms with Crippen LogP contribution in [0.1, 0.15) is 25.5 Å². The predicted molar refractivity (Wildman–Crippen MR) is 92.7 cm³/mol. The molecule has 26 heavy (non-hydrogen) atoms. The van der Waals surface area contributed by atoms with Crippen LogP contribution in [-0.2, 0) is 4.79 Å². The lowest BCUT2D eigenvalue weighted by Crippen LogP contribution is -2.37. The van der Waals surface area contributed by atoms with E-state index in [4.69, 9.17) is 9.47 Å². The number of nitrogens with one attached hydrogen (secondary N) is 1. The number of hydrogen-bond donors (Lipinski definition) is 1. The molecule has 0 fully saturated rings. The average molecular weight is 362 g/mol. The second-order valence-corrected chi connectivity index (χ2v) is 5.63. The van der Waals surface area contributed by atoms with Gasteiger partial charge in [-0.15, -0.1) is 0 Å². The van der Waals surface area contributed by atoms with Gasteiger partial charge in [0.1, 0.15) is 5.82 Å². The zero-order valence-electron chi connectivity index (χ0n) is 14.6. The lowest BCUT2D eigenvalue weighted by Gasteiger charge is -2.20. The minimum atomic E-state index is -0.922. The van der Waals surface area contributed by atoms with Crippen LogP contribution in [0, 0.1) is 15.9 Å². The number of methoxy groups -OCH3 is 1. The minimum absolute atomic E-state index is 0.0961. The third-order valence-corrected chi connectivity index (χ3v) is 3.76. The van der Waals surface area contributed by atoms with Gasteiger partial charge in [0.2, 0.25) is 0 Å². The summed E-state index contributed by atoms with van der Waals surface area (Å²) < 4.78 is 23.6. The molecule has 2 atom stereocenters. The highest BCUT2D eigenvalue weighted by atomic mass is 19.1. The fraction of sp³-hybridized carbons (Fsp3) is 0.278. The van der Waals surface area contributed by atoms with Gasteiger partial charge in [-0.25, -0.2) is 4.39 Å². The molecular formula is C18H19FN2O5. The molecule has 0 saturated heterocycles. The van der Waals surface area contributed by atoms with Crippen LogP contribution in [-0.4, -0.2) is 24.0 Å². The summed E-state index contributed by atoms with van der Waals surface area (Å²) in [6, 6.07) is 9.31. The van der Waals surface area contributed by atoms with Crippen LogP contribution in [0.5, 0.6) is 11.5 Å². The maximum absolute atomic E-state index is 13.0. The Kier molecular flexibility index (Phi) is 6.11. The van der Waals surface area contributed by atoms with Gasteiger partial charge < -0.3 is 14.8 Å². The van der Waals surface area contributed by atoms with Crippen molar-refractivity contribution in [1.82, 2.24) is 5.32 Å². The maximum atomic E-state index is 13.0. The van der Waals surface area contributed by atoms with E-state index in [1.807, 2.05) is 0 Å². The smallest absolute Gasteiger partial charge is 0.273 e. The van der Waals surface area contributed by atoms with Gasteiger partial charge in [-0.05, 0) is 37.6 Å². The Morgan fingerprint density at radius 2 is 1.81 bits per heavy atom. The van der Waals surface area contributed by atoms with Crippen LogP contribution < -0.4 is 14.8 Å². The van der Waals surface area contributed by atoms with E-state index in [-0.39, 0.29) is 29.0 Å². The van der Waals surface area contributed by atoms with Crippen LogP contribution in [0.4, 0.5) is 10.1 Å². The molecule has 7 nitrogen and oxygen atoms in total. The summed E-state index contributed by atoms with van der Waals surface area (Å²) in [6.45, 7) is 3.27. The van der Waals surface area contributed by atoms with E-state index < -0.39 is 16.9 Å². The normalized spacial score (nSPS) is 12.8. The molecule has 1 N–H and O–H groups in total. The van der Waals surface area contributed by atoms with Crippen molar-refractivity contribution in [2.45, 2.75) is 26.0 Å². The van der Waals surface area contributed by atoms with Crippen LogP contribution in [0.25, 0.3) is 0 Å². The van der Waals surface area contributed by atoms with Crippen molar-refractivity contribution >= 4 is 11.6 Å². The molecule has 1 amide bonds. The summed E-state index contributed by atoms with van der Waals surface area (Å²) in [7, 11) is 1.40. The van der Waals surface area contributed by atoms with Gasteiger partial charge in [-0.1, -0.05) is 12.1 Å². The Morgan fingerprint density at radius 1 is 1.15 bits per heavy atom. The molecule has 0 radical (unpaired) electrons. The van der Waals surface area contributed by atoms with E-state index in [1.165, 1.54) is 44.4 Å². The summed E-state index contributed by atoms with van der Waals surface area (Å²) >= 11 is 0. The number of non-ortho nitro benzene ring substituents is 1. The van der Waals surface area contributed by atoms with Crippen LogP contribution in [0.15, 0.2) is 42.5 Å². The Labute approximate surface area is 149 Å². The van der Waals surface area contributed by atoms with Gasteiger partial charge in [-0.3, -0.25) is 14.9 Å². The zero-order valence-corrected chi connectivity index (χ0v) is 14.6. The van der Waals surface area contributed by atoms with E-state index >= 15 is 0 Å². The number of carbonyl (C=O) groups excluding carboxylic acids is 1. The van der Waals surface area contributed by atoms with E-state index in [1.54, 1.807) is 19.1 Å². The Hall–Kier alpha value is -3.16. The first-order valence-corrected chi connectivity index (χ1v) is 7.86. The first-order chi connectivity index (χ1) is 12.3. The molecule has 0 aliphatic heterocycles. The lowest BCUT2D eigenvalue weighted by molar-refractivity contribution is -0.385. The predicted octanol–water partition coefficient (Wildman–Crippen LogP) is 3.39. The van der Waals surface area contributed by atoms with Gasteiger partial charge in [0, 0.05) is 6.07 Å². The van der Waals surface area contributed by atoms with Gasteiger partial charge >= 0.3 is 0 Å². The topological polar surface area (TPSA) is 90.7 Å². The van der Waals surface area contributed by atoms with E-state index in [2.05, 4.69) is 5.32 Å². The number of ether oxygens (including phenoxy) is 2. The second-order valence-electron chi connectivity index (χ2n) is 5.63. The molecule has 2 aromatic carbocycles. The largest absolute Gasteiger partial charge is 0.493 e. The molecule has 0 bridgehead atoms. The first kappa shape index (κ1) is 19.2. The molecular weight excluding hydrogens is 343 g/mol. The molecule has 8 heteroatoms. The van der Waals surface area contributed by atoms with E-state index in [0.29, 0.717) is 0 Å². The maximum Gasteiger partial charge on any atom is 0.273 e. The lowest BCUT2D eigenvalue weighted by atomic mass is 10.1. The molecule has 0 unspecified atom stereocenters. The number of halogens is 1. The van der Waals surface area contributed by atoms with Gasteiger partial charge in [0.15, 0.2) is 17.6 Å². The highest BCUT2D eigenvalue weighted by Gasteiger charge is 2.21. The molecule has 0 saturated carbocycles. The van der Waals surface area contributed by atoms with Crippen molar-refractivity contribution in [3.05, 3.63) is 64.0 Å². The number of nitrogens with zero attached hydrogens (tertiary/aromatic N) is 1. The first-order valence-electron chi connectivity index (χ1n) is 7.86. The quantitative estimate of drug-likeness (QED) is 0.602. The van der Waals surface area contributed by atoms with Crippen molar-refractivity contribution in [2.75, 3.05) is 7.11 Å². The van der Waals surface area contributed by atoms with Crippen molar-refractivity contribution in [3.8, 4) is 11.5 Å². The Bertz CT molecular complexity index is 795. The molecule has 0 aromatic heterocycles. The van der Waals surface area contributed by atoms with E-state index in [0.717, 1.165) is 5.56 Å². The fourth-order valence-corrected chi connectivity index (χ4v) is 2.28. The number of benzene rings is 2. The average Bonchev–Trinajstić information content (AvgIpc) is 2.61. The minimum Gasteiger partial charge on any atom is -0.493 e. The van der Waals surface area contributed by atoms with Crippen molar-refractivity contribution in [3.63, 3.8) is 0 Å². The van der Waals surface area contributed by atoms with Gasteiger partial charge in [0.25, 0.3) is 11.6 Å². The molecule has 138 valence electrons. The van der Waals surface area contributed by atoms with E-state index in [9.17, 15) is 19.3 Å². The van der Waals surface area contributed by atoms with Crippen molar-refractivity contribution < 1.29 is 23.6 Å². The van der Waals surface area contributed by atoms with Crippen molar-refractivity contribution in [1.29, 1.82) is 0 Å². The summed E-state index contributed by atoms with van der Waals surface area (Å²) in [5.74, 6) is -0.405. The third kappa shape index (κ3) is 4.69. The van der Waals surface area contributed by atoms with Crippen LogP contribution in [0.3, 0.4) is 0 Å². The Morgan fingerprint density at radius 3 is 2.38 bits per heavy atom. The third-order valence-electron chi connectivity index (χ3n) is 3.76. The SMILES string of the molecule is COc1ccc([N+](=O)[O-])cc1O[C@@H](C)C(=O)N[C@H](C)c1ccc(F)cc1. The number of nitro groups is 1. The second kappa shape index (κ2) is 8.28. The molecule has 0 aliphatic carbocycles. The summed E-state index contributed by atoms with van der Waals surface area (Å²) in [5, 5.41) is 13.7. The van der Waals surface area contributed by atoms with Gasteiger partial charge in [-0.2, -0.15) is 0 Å². The monoisotopic (exact) mass is 362 g/mol. The zero-order chi connectivity index (χ0) is 19.3. The van der Waals surface area contributed by atoms with Gasteiger partial charge in [0.05, 0.1) is 24.1 Å². The summed E-state index contributed by atoms with van der Waals surface area (Å²) in [4.78, 5) is 22.7. The highest BCUT2D eigenvalue weighted by molar-refractivity contribution is 5.81. The molecule has 0 aliphatic rings. The standard InChI is InChI=1S/C18H19FN2O5/c1-11(13-4-6-14(19)7-5-13)20-18(22)12(2)26-17-10-15(21(23)24)8-9-16(17)25-3/h4-12H,1-3H3,(H,20,22)/t11-,12+/m1/s1. The number of hydrogen-bond acceptors (Lipinski definition) is 5. The summed E-state index contributed by atoms with van der Waals surface area (Å²) in [5.41, 5.74) is 0.563. The molecule has 2 aromatic rings.